The second kappa shape index (κ2) is 6.06. The van der Waals surface area contributed by atoms with Crippen molar-refractivity contribution in [3.63, 3.8) is 0 Å². The molecule has 1 nitrogen and oxygen atoms in total. The minimum atomic E-state index is 0.383. The molecule has 0 aromatic heterocycles. The monoisotopic (exact) mass is 238 g/mol. The summed E-state index contributed by atoms with van der Waals surface area (Å²) in [6.45, 7) is 3.71. The van der Waals surface area contributed by atoms with Crippen molar-refractivity contribution in [3.05, 3.63) is 77.9 Å². The van der Waals surface area contributed by atoms with Crippen molar-refractivity contribution in [3.8, 4) is 5.75 Å². The van der Waals surface area contributed by atoms with Crippen molar-refractivity contribution < 1.29 is 5.11 Å². The molecule has 0 unspecified atom stereocenters. The van der Waals surface area contributed by atoms with Gasteiger partial charge in [0.25, 0.3) is 0 Å². The topological polar surface area (TPSA) is 20.2 Å². The number of rotatable bonds is 5. The summed E-state index contributed by atoms with van der Waals surface area (Å²) < 4.78 is 0. The predicted octanol–water partition coefficient (Wildman–Crippen LogP) is 4.10. The Morgan fingerprint density at radius 1 is 1.00 bits per heavy atom. The number of phenols is 1. The van der Waals surface area contributed by atoms with Crippen LogP contribution in [0.3, 0.4) is 0 Å². The van der Waals surface area contributed by atoms with Gasteiger partial charge in [0.1, 0.15) is 5.75 Å². The summed E-state index contributed by atoms with van der Waals surface area (Å²) in [5.74, 6) is 0.383. The molecule has 2 aromatic carbocycles. The van der Waals surface area contributed by atoms with Gasteiger partial charge >= 0.3 is 0 Å². The van der Waals surface area contributed by atoms with E-state index in [1.54, 1.807) is 6.07 Å². The summed E-state index contributed by atoms with van der Waals surface area (Å²) in [4.78, 5) is 0. The van der Waals surface area contributed by atoms with Crippen LogP contribution < -0.4 is 0 Å². The Labute approximate surface area is 108 Å². The third kappa shape index (κ3) is 3.24. The minimum absolute atomic E-state index is 0.383. The lowest BCUT2D eigenvalue weighted by molar-refractivity contribution is 0.468. The fraction of sp³-hybridized carbons (Fsp3) is 0.176. The van der Waals surface area contributed by atoms with E-state index in [0.29, 0.717) is 5.75 Å². The first-order valence-electron chi connectivity index (χ1n) is 6.25. The first-order chi connectivity index (χ1) is 8.79. The summed E-state index contributed by atoms with van der Waals surface area (Å²) in [5, 5.41) is 9.79. The van der Waals surface area contributed by atoms with E-state index in [1.807, 2.05) is 30.3 Å². The number of aromatic hydroxyl groups is 1. The van der Waals surface area contributed by atoms with Crippen molar-refractivity contribution in [2.45, 2.75) is 19.3 Å². The van der Waals surface area contributed by atoms with Crippen LogP contribution in [0.2, 0.25) is 0 Å². The van der Waals surface area contributed by atoms with Crippen molar-refractivity contribution >= 4 is 0 Å². The molecule has 2 rings (SSSR count). The maximum atomic E-state index is 9.79. The third-order valence-electron chi connectivity index (χ3n) is 3.01. The van der Waals surface area contributed by atoms with Crippen molar-refractivity contribution in [1.29, 1.82) is 0 Å². The van der Waals surface area contributed by atoms with Gasteiger partial charge in [-0.3, -0.25) is 0 Å². The highest BCUT2D eigenvalue weighted by atomic mass is 16.3. The molecule has 0 bridgehead atoms. The van der Waals surface area contributed by atoms with Gasteiger partial charge in [0, 0.05) is 0 Å². The van der Waals surface area contributed by atoms with E-state index in [0.717, 1.165) is 24.8 Å². The quantitative estimate of drug-likeness (QED) is 0.777. The molecule has 0 atom stereocenters. The molecule has 0 radical (unpaired) electrons. The van der Waals surface area contributed by atoms with Crippen LogP contribution >= 0.6 is 0 Å². The van der Waals surface area contributed by atoms with Gasteiger partial charge in [-0.05, 0) is 42.0 Å². The first-order valence-corrected chi connectivity index (χ1v) is 6.25. The molecular weight excluding hydrogens is 220 g/mol. The second-order valence-corrected chi connectivity index (χ2v) is 4.45. The number of aryl methyl sites for hydroxylation is 1. The fourth-order valence-electron chi connectivity index (χ4n) is 2.04. The molecule has 0 saturated carbocycles. The van der Waals surface area contributed by atoms with Crippen LogP contribution in [-0.4, -0.2) is 5.11 Å². The predicted molar refractivity (Wildman–Crippen MR) is 75.9 cm³/mol. The van der Waals surface area contributed by atoms with Gasteiger partial charge in [-0.1, -0.05) is 48.5 Å². The minimum Gasteiger partial charge on any atom is -0.508 e. The highest BCUT2D eigenvalue weighted by Gasteiger charge is 2.03. The normalized spacial score (nSPS) is 10.2. The molecule has 0 saturated heterocycles. The maximum Gasteiger partial charge on any atom is 0.118 e. The van der Waals surface area contributed by atoms with Crippen molar-refractivity contribution in [1.82, 2.24) is 0 Å². The van der Waals surface area contributed by atoms with Crippen LogP contribution in [0.1, 0.15) is 23.1 Å². The zero-order valence-corrected chi connectivity index (χ0v) is 10.5. The highest BCUT2D eigenvalue weighted by molar-refractivity contribution is 5.38. The number of benzene rings is 2. The van der Waals surface area contributed by atoms with Crippen LogP contribution in [0, 0.1) is 0 Å². The van der Waals surface area contributed by atoms with Gasteiger partial charge in [-0.15, -0.1) is 6.58 Å². The van der Waals surface area contributed by atoms with Crippen LogP contribution in [0.15, 0.2) is 61.2 Å². The van der Waals surface area contributed by atoms with Gasteiger partial charge in [0.05, 0.1) is 0 Å². The van der Waals surface area contributed by atoms with Gasteiger partial charge in [0.15, 0.2) is 0 Å². The Balaban J connectivity index is 2.16. The van der Waals surface area contributed by atoms with Crippen LogP contribution in [0.25, 0.3) is 0 Å². The van der Waals surface area contributed by atoms with E-state index in [2.05, 4.69) is 24.8 Å². The molecule has 0 aliphatic carbocycles. The largest absolute Gasteiger partial charge is 0.508 e. The maximum absolute atomic E-state index is 9.79. The molecule has 2 aromatic rings. The average molecular weight is 238 g/mol. The van der Waals surface area contributed by atoms with E-state index >= 15 is 0 Å². The lowest BCUT2D eigenvalue weighted by Crippen LogP contribution is -1.91. The van der Waals surface area contributed by atoms with Crippen molar-refractivity contribution in [2.75, 3.05) is 0 Å². The molecule has 0 aliphatic rings. The Hall–Kier alpha value is -2.02. The van der Waals surface area contributed by atoms with E-state index in [1.165, 1.54) is 11.1 Å². The molecule has 1 N–H and O–H groups in total. The molecule has 0 spiro atoms. The summed E-state index contributed by atoms with van der Waals surface area (Å²) in [6.07, 6.45) is 4.52. The fourth-order valence-corrected chi connectivity index (χ4v) is 2.04. The molecular formula is C17H18O. The summed E-state index contributed by atoms with van der Waals surface area (Å²) in [6, 6.07) is 16.2. The Bertz CT molecular complexity index is 514. The number of hydrogen-bond donors (Lipinski definition) is 1. The van der Waals surface area contributed by atoms with Crippen LogP contribution in [0.5, 0.6) is 5.75 Å². The van der Waals surface area contributed by atoms with Crippen molar-refractivity contribution in [2.24, 2.45) is 0 Å². The van der Waals surface area contributed by atoms with Gasteiger partial charge in [0.2, 0.25) is 0 Å². The molecule has 92 valence electrons. The Kier molecular flexibility index (Phi) is 4.19. The summed E-state index contributed by atoms with van der Waals surface area (Å²) in [5.41, 5.74) is 3.53. The standard InChI is InChI=1S/C17H18O/c1-2-3-9-16-13-15(10-11-17(16)18)12-14-7-5-4-6-8-14/h2,4-8,10-11,13,18H,1,3,9,12H2. The number of hydrogen-bond acceptors (Lipinski definition) is 1. The number of allylic oxidation sites excluding steroid dienone is 1. The molecule has 1 heteroatoms. The summed E-state index contributed by atoms with van der Waals surface area (Å²) >= 11 is 0. The zero-order chi connectivity index (χ0) is 12.8. The van der Waals surface area contributed by atoms with E-state index < -0.39 is 0 Å². The van der Waals surface area contributed by atoms with Gasteiger partial charge in [-0.2, -0.15) is 0 Å². The SMILES string of the molecule is C=CCCc1cc(Cc2ccccc2)ccc1O. The van der Waals surface area contributed by atoms with E-state index in [4.69, 9.17) is 0 Å². The molecule has 18 heavy (non-hydrogen) atoms. The van der Waals surface area contributed by atoms with Crippen LogP contribution in [-0.2, 0) is 12.8 Å². The molecule has 0 amide bonds. The second-order valence-electron chi connectivity index (χ2n) is 4.45. The zero-order valence-electron chi connectivity index (χ0n) is 10.5. The van der Waals surface area contributed by atoms with E-state index in [9.17, 15) is 5.11 Å². The summed E-state index contributed by atoms with van der Waals surface area (Å²) in [7, 11) is 0. The smallest absolute Gasteiger partial charge is 0.118 e. The Morgan fingerprint density at radius 2 is 1.78 bits per heavy atom. The molecule has 0 heterocycles. The van der Waals surface area contributed by atoms with Gasteiger partial charge in [-0.25, -0.2) is 0 Å². The van der Waals surface area contributed by atoms with Gasteiger partial charge < -0.3 is 5.11 Å². The van der Waals surface area contributed by atoms with E-state index in [-0.39, 0.29) is 0 Å². The average Bonchev–Trinajstić information content (AvgIpc) is 2.40. The first kappa shape index (κ1) is 12.4. The molecule has 0 fully saturated rings. The lowest BCUT2D eigenvalue weighted by atomic mass is 10.00. The number of phenolic OH excluding ortho intramolecular Hbond substituents is 1. The lowest BCUT2D eigenvalue weighted by Gasteiger charge is -2.07. The molecule has 0 aliphatic heterocycles. The third-order valence-corrected chi connectivity index (χ3v) is 3.01. The Morgan fingerprint density at radius 3 is 2.50 bits per heavy atom. The van der Waals surface area contributed by atoms with Crippen LogP contribution in [0.4, 0.5) is 0 Å². The highest BCUT2D eigenvalue weighted by Crippen LogP contribution is 2.21.